The maximum absolute atomic E-state index is 10.8. The number of ether oxygens (including phenoxy) is 2. The molecule has 1 fully saturated rings. The van der Waals surface area contributed by atoms with E-state index in [1.807, 2.05) is 37.3 Å². The lowest BCUT2D eigenvalue weighted by Gasteiger charge is -2.40. The molecule has 1 aliphatic heterocycles. The predicted molar refractivity (Wildman–Crippen MR) is 155 cm³/mol. The van der Waals surface area contributed by atoms with E-state index in [1.54, 1.807) is 0 Å². The first-order valence-electron chi connectivity index (χ1n) is 14.1. The van der Waals surface area contributed by atoms with Gasteiger partial charge in [0.15, 0.2) is 0 Å². The van der Waals surface area contributed by atoms with Crippen LogP contribution in [-0.4, -0.2) is 71.9 Å². The second kappa shape index (κ2) is 11.7. The Hall–Kier alpha value is -3.45. The quantitative estimate of drug-likeness (QED) is 0.355. The van der Waals surface area contributed by atoms with Crippen LogP contribution in [0.4, 0.5) is 0 Å². The lowest BCUT2D eigenvalue weighted by atomic mass is 9.92. The number of hydrogen-bond acceptors (Lipinski definition) is 6. The minimum absolute atomic E-state index is 0.246. The van der Waals surface area contributed by atoms with E-state index in [1.165, 1.54) is 22.3 Å². The van der Waals surface area contributed by atoms with E-state index in [4.69, 9.17) is 9.47 Å². The van der Waals surface area contributed by atoms with Gasteiger partial charge in [-0.1, -0.05) is 54.6 Å². The third kappa shape index (κ3) is 5.64. The number of β-amino-alcohol motifs (C(OH)–C–C–N with tert-alkyl or cyclic N) is 1. The number of aromatic nitrogens is 1. The van der Waals surface area contributed by atoms with Crippen molar-refractivity contribution in [1.29, 1.82) is 0 Å². The van der Waals surface area contributed by atoms with Crippen molar-refractivity contribution >= 4 is 10.9 Å². The zero-order chi connectivity index (χ0) is 26.6. The van der Waals surface area contributed by atoms with Gasteiger partial charge in [-0.05, 0) is 60.2 Å². The Morgan fingerprint density at radius 2 is 1.51 bits per heavy atom. The summed E-state index contributed by atoms with van der Waals surface area (Å²) in [5.41, 5.74) is 6.65. The number of rotatable bonds is 8. The SMILES string of the molecule is CCOc1ccc2c(OCC(O)CN3CCN(C4c5ccccc5CCc5ccccc54)CC3)cccc2n1. The van der Waals surface area contributed by atoms with Gasteiger partial charge in [0, 0.05) is 44.2 Å². The Kier molecular flexibility index (Phi) is 7.77. The van der Waals surface area contributed by atoms with E-state index in [-0.39, 0.29) is 6.61 Å². The number of pyridine rings is 1. The van der Waals surface area contributed by atoms with Crippen LogP contribution in [-0.2, 0) is 12.8 Å². The van der Waals surface area contributed by atoms with Crippen LogP contribution in [0.15, 0.2) is 78.9 Å². The van der Waals surface area contributed by atoms with Crippen molar-refractivity contribution in [1.82, 2.24) is 14.8 Å². The van der Waals surface area contributed by atoms with E-state index in [9.17, 15) is 5.11 Å². The summed E-state index contributed by atoms with van der Waals surface area (Å²) in [7, 11) is 0. The largest absolute Gasteiger partial charge is 0.490 e. The van der Waals surface area contributed by atoms with E-state index in [0.717, 1.165) is 55.7 Å². The summed E-state index contributed by atoms with van der Waals surface area (Å²) in [5, 5.41) is 11.8. The number of hydrogen-bond donors (Lipinski definition) is 1. The molecule has 6 nitrogen and oxygen atoms in total. The van der Waals surface area contributed by atoms with E-state index in [2.05, 4.69) is 63.3 Å². The Morgan fingerprint density at radius 3 is 2.21 bits per heavy atom. The van der Waals surface area contributed by atoms with Crippen molar-refractivity contribution in [2.45, 2.75) is 31.9 Å². The zero-order valence-electron chi connectivity index (χ0n) is 22.6. The van der Waals surface area contributed by atoms with Crippen LogP contribution in [0, 0.1) is 0 Å². The molecule has 0 bridgehead atoms. The molecule has 1 aliphatic carbocycles. The molecule has 1 aromatic heterocycles. The average molecular weight is 524 g/mol. The molecule has 2 heterocycles. The molecule has 202 valence electrons. The number of aliphatic hydroxyl groups is 1. The number of aryl methyl sites for hydroxylation is 2. The summed E-state index contributed by atoms with van der Waals surface area (Å²) in [6.07, 6.45) is 1.62. The van der Waals surface area contributed by atoms with Crippen molar-refractivity contribution in [3.63, 3.8) is 0 Å². The molecule has 3 aromatic carbocycles. The number of fused-ring (bicyclic) bond motifs is 3. The predicted octanol–water partition coefficient (Wildman–Crippen LogP) is 4.88. The van der Waals surface area contributed by atoms with Crippen LogP contribution in [0.5, 0.6) is 11.6 Å². The van der Waals surface area contributed by atoms with Crippen molar-refractivity contribution < 1.29 is 14.6 Å². The van der Waals surface area contributed by atoms with Crippen LogP contribution < -0.4 is 9.47 Å². The van der Waals surface area contributed by atoms with Crippen LogP contribution in [0.25, 0.3) is 10.9 Å². The fraction of sp³-hybridized carbons (Fsp3) is 0.364. The summed E-state index contributed by atoms with van der Waals surface area (Å²) in [5.74, 6) is 1.34. The highest BCUT2D eigenvalue weighted by Crippen LogP contribution is 2.37. The minimum Gasteiger partial charge on any atom is -0.490 e. The Bertz CT molecular complexity index is 1370. The zero-order valence-corrected chi connectivity index (χ0v) is 22.6. The smallest absolute Gasteiger partial charge is 0.213 e. The average Bonchev–Trinajstić information content (AvgIpc) is 3.14. The second-order valence-electron chi connectivity index (χ2n) is 10.5. The summed E-state index contributed by atoms with van der Waals surface area (Å²) in [4.78, 5) is 9.53. The van der Waals surface area contributed by atoms with Crippen molar-refractivity contribution in [2.24, 2.45) is 0 Å². The minimum atomic E-state index is -0.568. The number of benzene rings is 3. The first-order valence-corrected chi connectivity index (χ1v) is 14.1. The molecular weight excluding hydrogens is 486 g/mol. The molecule has 39 heavy (non-hydrogen) atoms. The van der Waals surface area contributed by atoms with Gasteiger partial charge < -0.3 is 14.6 Å². The molecule has 1 atom stereocenters. The standard InChI is InChI=1S/C33H37N3O3/c1-2-38-32-17-16-29-30(34-32)12-7-13-31(29)39-23-26(37)22-35-18-20-36(21-19-35)33-27-10-5-3-8-24(27)14-15-25-9-4-6-11-28(25)33/h3-13,16-17,26,33,37H,2,14-15,18-23H2,1H3. The fourth-order valence-corrected chi connectivity index (χ4v) is 6.09. The van der Waals surface area contributed by atoms with E-state index in [0.29, 0.717) is 25.1 Å². The molecule has 0 spiro atoms. The highest BCUT2D eigenvalue weighted by molar-refractivity contribution is 5.85. The molecule has 4 aromatic rings. The highest BCUT2D eigenvalue weighted by atomic mass is 16.5. The van der Waals surface area contributed by atoms with Crippen LogP contribution in [0.1, 0.15) is 35.2 Å². The van der Waals surface area contributed by atoms with Crippen molar-refractivity contribution in [2.75, 3.05) is 45.9 Å². The molecule has 0 amide bonds. The maximum atomic E-state index is 10.8. The molecule has 2 aliphatic rings. The molecule has 6 heteroatoms. The fourth-order valence-electron chi connectivity index (χ4n) is 6.09. The van der Waals surface area contributed by atoms with Gasteiger partial charge in [0.1, 0.15) is 18.5 Å². The molecule has 6 rings (SSSR count). The Labute approximate surface area is 230 Å². The third-order valence-corrected chi connectivity index (χ3v) is 7.99. The van der Waals surface area contributed by atoms with Gasteiger partial charge in [-0.3, -0.25) is 9.80 Å². The molecular formula is C33H37N3O3. The van der Waals surface area contributed by atoms with Crippen LogP contribution in [0.2, 0.25) is 0 Å². The van der Waals surface area contributed by atoms with Gasteiger partial charge in [-0.25, -0.2) is 4.98 Å². The Morgan fingerprint density at radius 1 is 0.821 bits per heavy atom. The van der Waals surface area contributed by atoms with E-state index < -0.39 is 6.10 Å². The first kappa shape index (κ1) is 25.8. The molecule has 0 radical (unpaired) electrons. The monoisotopic (exact) mass is 523 g/mol. The number of piperazine rings is 1. The number of aliphatic hydroxyl groups excluding tert-OH is 1. The topological polar surface area (TPSA) is 58.1 Å². The summed E-state index contributed by atoms with van der Waals surface area (Å²) >= 11 is 0. The maximum Gasteiger partial charge on any atom is 0.213 e. The van der Waals surface area contributed by atoms with E-state index >= 15 is 0 Å². The molecule has 0 saturated carbocycles. The Balaban J connectivity index is 1.08. The second-order valence-corrected chi connectivity index (χ2v) is 10.5. The summed E-state index contributed by atoms with van der Waals surface area (Å²) in [6.45, 7) is 7.17. The normalized spacial score (nSPS) is 17.3. The van der Waals surface area contributed by atoms with Gasteiger partial charge in [0.2, 0.25) is 5.88 Å². The molecule has 1 saturated heterocycles. The summed E-state index contributed by atoms with van der Waals surface area (Å²) in [6, 6.07) is 27.8. The first-order chi connectivity index (χ1) is 19.2. The lowest BCUT2D eigenvalue weighted by molar-refractivity contribution is 0.0403. The van der Waals surface area contributed by atoms with Gasteiger partial charge >= 0.3 is 0 Å². The molecule has 1 unspecified atom stereocenters. The third-order valence-electron chi connectivity index (χ3n) is 7.99. The van der Waals surface area contributed by atoms with Crippen molar-refractivity contribution in [3.8, 4) is 11.6 Å². The molecule has 1 N–H and O–H groups in total. The summed E-state index contributed by atoms with van der Waals surface area (Å²) < 4.78 is 11.6. The highest BCUT2D eigenvalue weighted by Gasteiger charge is 2.31. The van der Waals surface area contributed by atoms with Crippen LogP contribution >= 0.6 is 0 Å². The lowest BCUT2D eigenvalue weighted by Crippen LogP contribution is -2.50. The number of nitrogens with zero attached hydrogens (tertiary/aromatic N) is 3. The van der Waals surface area contributed by atoms with Crippen LogP contribution in [0.3, 0.4) is 0 Å². The van der Waals surface area contributed by atoms with Gasteiger partial charge in [0.05, 0.1) is 18.2 Å². The van der Waals surface area contributed by atoms with Gasteiger partial charge in [-0.15, -0.1) is 0 Å². The van der Waals surface area contributed by atoms with Gasteiger partial charge in [-0.2, -0.15) is 0 Å². The van der Waals surface area contributed by atoms with Crippen molar-refractivity contribution in [3.05, 3.63) is 101 Å². The van der Waals surface area contributed by atoms with Gasteiger partial charge in [0.25, 0.3) is 0 Å².